The number of amides is 1. The van der Waals surface area contributed by atoms with Gasteiger partial charge in [0.1, 0.15) is 17.1 Å². The van der Waals surface area contributed by atoms with Crippen molar-refractivity contribution in [2.24, 2.45) is 0 Å². The summed E-state index contributed by atoms with van der Waals surface area (Å²) in [6, 6.07) is 9.25. The lowest BCUT2D eigenvalue weighted by atomic mass is 10.0. The van der Waals surface area contributed by atoms with Gasteiger partial charge in [0.2, 0.25) is 0 Å². The van der Waals surface area contributed by atoms with E-state index in [1.54, 1.807) is 37.5 Å². The number of benzene rings is 1. The lowest BCUT2D eigenvalue weighted by Gasteiger charge is -2.19. The molecular weight excluding hydrogens is 418 g/mol. The second-order valence-electron chi connectivity index (χ2n) is 8.17. The maximum absolute atomic E-state index is 13.3. The molecule has 0 aliphatic rings. The number of methoxy groups -OCH3 is 1. The fourth-order valence-corrected chi connectivity index (χ4v) is 4.23. The first-order chi connectivity index (χ1) is 16.0. The summed E-state index contributed by atoms with van der Waals surface area (Å²) in [5.74, 6) is 1.34. The number of aromatic amines is 1. The largest absolute Gasteiger partial charge is 0.496 e. The Morgan fingerprint density at radius 2 is 1.97 bits per heavy atom. The van der Waals surface area contributed by atoms with Crippen LogP contribution in [0.1, 0.15) is 54.5 Å². The van der Waals surface area contributed by atoms with Crippen molar-refractivity contribution >= 4 is 22.5 Å². The average molecular weight is 448 g/mol. The van der Waals surface area contributed by atoms with Crippen LogP contribution < -0.4 is 10.3 Å². The van der Waals surface area contributed by atoms with Crippen LogP contribution in [0.15, 0.2) is 47.5 Å². The molecule has 172 valence electrons. The molecular formula is C25H29N5O3. The van der Waals surface area contributed by atoms with E-state index in [4.69, 9.17) is 4.74 Å². The first-order valence-electron chi connectivity index (χ1n) is 11.2. The first-order valence-corrected chi connectivity index (χ1v) is 11.2. The molecule has 1 aromatic carbocycles. The molecule has 3 heterocycles. The molecule has 0 saturated carbocycles. The highest BCUT2D eigenvalue weighted by Crippen LogP contribution is 2.29. The minimum absolute atomic E-state index is 0.184. The van der Waals surface area contributed by atoms with Gasteiger partial charge in [-0.05, 0) is 31.0 Å². The van der Waals surface area contributed by atoms with Gasteiger partial charge in [0.15, 0.2) is 0 Å². The Morgan fingerprint density at radius 1 is 1.18 bits per heavy atom. The number of aromatic nitrogens is 4. The number of imidazole rings is 1. The van der Waals surface area contributed by atoms with Gasteiger partial charge in [0, 0.05) is 43.9 Å². The molecule has 0 radical (unpaired) electrons. The van der Waals surface area contributed by atoms with Crippen LogP contribution in [-0.2, 0) is 6.42 Å². The Balaban J connectivity index is 1.77. The van der Waals surface area contributed by atoms with Crippen molar-refractivity contribution in [1.82, 2.24) is 24.3 Å². The fourth-order valence-electron chi connectivity index (χ4n) is 4.23. The van der Waals surface area contributed by atoms with E-state index >= 15 is 0 Å². The number of pyridine rings is 1. The minimum atomic E-state index is -0.237. The predicted octanol–water partition coefficient (Wildman–Crippen LogP) is 3.80. The highest BCUT2D eigenvalue weighted by molar-refractivity contribution is 6.00. The van der Waals surface area contributed by atoms with Crippen LogP contribution in [0.2, 0.25) is 0 Å². The molecule has 0 fully saturated rings. The van der Waals surface area contributed by atoms with E-state index in [1.165, 1.54) is 0 Å². The number of rotatable bonds is 8. The average Bonchev–Trinajstić information content (AvgIpc) is 3.29. The van der Waals surface area contributed by atoms with Crippen molar-refractivity contribution in [1.29, 1.82) is 0 Å². The second-order valence-corrected chi connectivity index (χ2v) is 8.17. The quantitative estimate of drug-likeness (QED) is 0.444. The van der Waals surface area contributed by atoms with Gasteiger partial charge in [-0.1, -0.05) is 19.9 Å². The van der Waals surface area contributed by atoms with Gasteiger partial charge in [0.05, 0.1) is 29.9 Å². The summed E-state index contributed by atoms with van der Waals surface area (Å²) in [5, 5.41) is 0. The zero-order valence-corrected chi connectivity index (χ0v) is 19.5. The Kier molecular flexibility index (Phi) is 6.44. The Morgan fingerprint density at radius 3 is 2.64 bits per heavy atom. The van der Waals surface area contributed by atoms with Crippen LogP contribution in [0.4, 0.5) is 0 Å². The summed E-state index contributed by atoms with van der Waals surface area (Å²) < 4.78 is 7.51. The smallest absolute Gasteiger partial charge is 0.274 e. The Labute approximate surface area is 192 Å². The number of carbonyl (C=O) groups excluding carboxylic acids is 1. The maximum atomic E-state index is 13.3. The third-order valence-corrected chi connectivity index (χ3v) is 6.19. The topological polar surface area (TPSA) is 92.6 Å². The zero-order valence-electron chi connectivity index (χ0n) is 19.5. The van der Waals surface area contributed by atoms with Crippen molar-refractivity contribution in [2.75, 3.05) is 20.7 Å². The third-order valence-electron chi connectivity index (χ3n) is 6.19. The number of likely N-dealkylation sites (N-methyl/N-ethyl adjacent to an activating group) is 1. The van der Waals surface area contributed by atoms with Crippen LogP contribution >= 0.6 is 0 Å². The van der Waals surface area contributed by atoms with E-state index in [0.29, 0.717) is 35.3 Å². The molecule has 3 aromatic heterocycles. The normalized spacial score (nSPS) is 11.4. The summed E-state index contributed by atoms with van der Waals surface area (Å²) in [4.78, 5) is 39.5. The van der Waals surface area contributed by atoms with Gasteiger partial charge in [-0.2, -0.15) is 0 Å². The van der Waals surface area contributed by atoms with Crippen LogP contribution in [0.3, 0.4) is 0 Å². The van der Waals surface area contributed by atoms with Crippen molar-refractivity contribution in [3.8, 4) is 5.75 Å². The fraction of sp³-hybridized carbons (Fsp3) is 0.360. The van der Waals surface area contributed by atoms with E-state index in [0.717, 1.165) is 29.9 Å². The molecule has 0 aliphatic carbocycles. The van der Waals surface area contributed by atoms with Crippen LogP contribution in [0.5, 0.6) is 5.75 Å². The third kappa shape index (κ3) is 4.20. The number of nitrogens with one attached hydrogen (secondary N) is 1. The number of carbonyl (C=O) groups is 1. The molecule has 0 bridgehead atoms. The molecule has 33 heavy (non-hydrogen) atoms. The number of fused-ring (bicyclic) bond motifs is 3. The van der Waals surface area contributed by atoms with Gasteiger partial charge in [-0.15, -0.1) is 0 Å². The van der Waals surface area contributed by atoms with E-state index in [1.807, 2.05) is 28.7 Å². The molecule has 0 aliphatic heterocycles. The van der Waals surface area contributed by atoms with Crippen molar-refractivity contribution in [3.05, 3.63) is 70.2 Å². The van der Waals surface area contributed by atoms with E-state index < -0.39 is 0 Å². The number of hydrogen-bond donors (Lipinski definition) is 1. The second kappa shape index (κ2) is 9.44. The lowest BCUT2D eigenvalue weighted by molar-refractivity contribution is 0.0793. The molecule has 1 amide bonds. The molecule has 4 rings (SSSR count). The standard InChI is InChI=1S/C25H29N5O3/c1-5-16(6-2)23-27-15-21-24(31)28-19-13-18(22(33-4)14-20(19)30(21)23)25(32)29(3)12-10-17-9-7-8-11-26-17/h7-9,11,13-16H,5-6,10,12H2,1-4H3,(H,28,31). The van der Waals surface area contributed by atoms with Gasteiger partial charge in [-0.3, -0.25) is 19.0 Å². The SMILES string of the molecule is CCC(CC)c1ncc2c(=O)[nH]c3cc(C(=O)N(C)CCc4ccccn4)c(OC)cc3n12. The van der Waals surface area contributed by atoms with Gasteiger partial charge < -0.3 is 14.6 Å². The number of H-pyrrole nitrogens is 1. The number of hydrogen-bond acceptors (Lipinski definition) is 5. The summed E-state index contributed by atoms with van der Waals surface area (Å²) in [6.45, 7) is 4.73. The number of ether oxygens (including phenoxy) is 1. The lowest BCUT2D eigenvalue weighted by Crippen LogP contribution is -2.29. The predicted molar refractivity (Wildman–Crippen MR) is 128 cm³/mol. The van der Waals surface area contributed by atoms with Gasteiger partial charge in [0.25, 0.3) is 11.5 Å². The summed E-state index contributed by atoms with van der Waals surface area (Å²) >= 11 is 0. The molecule has 8 nitrogen and oxygen atoms in total. The van der Waals surface area contributed by atoms with Gasteiger partial charge >= 0.3 is 0 Å². The summed E-state index contributed by atoms with van der Waals surface area (Å²) in [6.07, 6.45) is 5.83. The Hall–Kier alpha value is -3.68. The van der Waals surface area contributed by atoms with E-state index in [9.17, 15) is 9.59 Å². The highest BCUT2D eigenvalue weighted by Gasteiger charge is 2.22. The molecule has 1 N–H and O–H groups in total. The molecule has 0 unspecified atom stereocenters. The monoisotopic (exact) mass is 447 g/mol. The van der Waals surface area contributed by atoms with Gasteiger partial charge in [-0.25, -0.2) is 4.98 Å². The Bertz CT molecular complexity index is 1340. The maximum Gasteiger partial charge on any atom is 0.274 e. The minimum Gasteiger partial charge on any atom is -0.496 e. The van der Waals surface area contributed by atoms with Crippen LogP contribution in [0, 0.1) is 0 Å². The first kappa shape index (κ1) is 22.5. The molecule has 0 atom stereocenters. The zero-order chi connectivity index (χ0) is 23.5. The molecule has 8 heteroatoms. The molecule has 0 spiro atoms. The number of nitrogens with zero attached hydrogens (tertiary/aromatic N) is 4. The summed E-state index contributed by atoms with van der Waals surface area (Å²) in [7, 11) is 3.30. The van der Waals surface area contributed by atoms with E-state index in [-0.39, 0.29) is 17.4 Å². The highest BCUT2D eigenvalue weighted by atomic mass is 16.5. The van der Waals surface area contributed by atoms with Crippen LogP contribution in [-0.4, -0.2) is 50.9 Å². The van der Waals surface area contributed by atoms with Crippen molar-refractivity contribution < 1.29 is 9.53 Å². The van der Waals surface area contributed by atoms with Crippen molar-refractivity contribution in [3.63, 3.8) is 0 Å². The van der Waals surface area contributed by atoms with E-state index in [2.05, 4.69) is 28.8 Å². The van der Waals surface area contributed by atoms with Crippen LogP contribution in [0.25, 0.3) is 16.6 Å². The molecule has 0 saturated heterocycles. The summed E-state index contributed by atoms with van der Waals surface area (Å²) in [5.41, 5.74) is 2.89. The molecule has 4 aromatic rings. The van der Waals surface area contributed by atoms with Crippen molar-refractivity contribution in [2.45, 2.75) is 39.0 Å².